The Morgan fingerprint density at radius 1 is 0.861 bits per heavy atom. The van der Waals surface area contributed by atoms with Crippen molar-refractivity contribution in [2.24, 2.45) is 0 Å². The molecule has 0 N–H and O–H groups in total. The summed E-state index contributed by atoms with van der Waals surface area (Å²) >= 11 is 0. The molecule has 0 aromatic heterocycles. The van der Waals surface area contributed by atoms with Gasteiger partial charge in [0, 0.05) is 24.4 Å². The van der Waals surface area contributed by atoms with Gasteiger partial charge in [-0.2, -0.15) is 0 Å². The summed E-state index contributed by atoms with van der Waals surface area (Å²) in [6.07, 6.45) is 5.72. The second-order valence-corrected chi connectivity index (χ2v) is 9.39. The Balaban J connectivity index is 1.44. The van der Waals surface area contributed by atoms with Crippen LogP contribution in [0.2, 0.25) is 0 Å². The number of rotatable bonds is 8. The monoisotopic (exact) mass is 485 g/mol. The standard InChI is InChI=1S/C31H35NO4/c1-33-26-9-5-23(6-10-26)21-25-15-19-36-30-14-13-28(34-2)22-29(30)31(25)24-7-11-27(12-8-24)35-20-18-32-16-3-4-17-32/h5-14,21-22,31H,3-4,15-20H2,1-2H3/b25-21+. The highest BCUT2D eigenvalue weighted by Crippen LogP contribution is 2.43. The van der Waals surface area contributed by atoms with Crippen LogP contribution in [0.1, 0.15) is 41.9 Å². The SMILES string of the molecule is COc1ccc(/C=C2\CCOc3ccc(OC)cc3C2c2ccc(OCCN3CCCC3)cc2)cc1. The molecule has 0 saturated carbocycles. The van der Waals surface area contributed by atoms with E-state index in [2.05, 4.69) is 53.4 Å². The maximum atomic E-state index is 6.18. The molecule has 5 heteroatoms. The van der Waals surface area contributed by atoms with Crippen LogP contribution in [-0.2, 0) is 0 Å². The zero-order chi connectivity index (χ0) is 24.7. The largest absolute Gasteiger partial charge is 0.497 e. The molecule has 0 bridgehead atoms. The van der Waals surface area contributed by atoms with Crippen molar-refractivity contribution < 1.29 is 18.9 Å². The molecule has 0 aliphatic carbocycles. The Hall–Kier alpha value is -3.44. The molecule has 2 aliphatic rings. The molecule has 188 valence electrons. The van der Waals surface area contributed by atoms with Gasteiger partial charge in [-0.1, -0.05) is 35.9 Å². The average Bonchev–Trinajstić information content (AvgIpc) is 3.37. The fraction of sp³-hybridized carbons (Fsp3) is 0.355. The van der Waals surface area contributed by atoms with Crippen molar-refractivity contribution in [2.45, 2.75) is 25.2 Å². The van der Waals surface area contributed by atoms with Crippen LogP contribution in [0.25, 0.3) is 6.08 Å². The van der Waals surface area contributed by atoms with Crippen molar-refractivity contribution in [3.8, 4) is 23.0 Å². The normalized spacial score (nSPS) is 18.8. The Morgan fingerprint density at radius 3 is 2.28 bits per heavy atom. The number of likely N-dealkylation sites (tertiary alicyclic amines) is 1. The van der Waals surface area contributed by atoms with Crippen LogP contribution < -0.4 is 18.9 Å². The molecule has 1 fully saturated rings. The molecule has 2 aliphatic heterocycles. The predicted octanol–water partition coefficient (Wildman–Crippen LogP) is 6.18. The minimum Gasteiger partial charge on any atom is -0.497 e. The summed E-state index contributed by atoms with van der Waals surface area (Å²) in [4.78, 5) is 2.47. The lowest BCUT2D eigenvalue weighted by atomic mass is 9.82. The molecule has 36 heavy (non-hydrogen) atoms. The number of methoxy groups -OCH3 is 2. The van der Waals surface area contributed by atoms with Crippen LogP contribution in [0, 0.1) is 0 Å². The van der Waals surface area contributed by atoms with Crippen molar-refractivity contribution in [3.05, 3.63) is 89.0 Å². The van der Waals surface area contributed by atoms with Crippen LogP contribution in [0.5, 0.6) is 23.0 Å². The van der Waals surface area contributed by atoms with E-state index in [4.69, 9.17) is 18.9 Å². The minimum absolute atomic E-state index is 0.0540. The van der Waals surface area contributed by atoms with Crippen LogP contribution >= 0.6 is 0 Å². The molecule has 5 rings (SSSR count). The van der Waals surface area contributed by atoms with Crippen LogP contribution in [-0.4, -0.2) is 52.0 Å². The lowest BCUT2D eigenvalue weighted by Crippen LogP contribution is -2.25. The van der Waals surface area contributed by atoms with E-state index in [9.17, 15) is 0 Å². The minimum atomic E-state index is 0.0540. The first-order chi connectivity index (χ1) is 17.7. The van der Waals surface area contributed by atoms with Gasteiger partial charge in [-0.15, -0.1) is 0 Å². The molecule has 1 saturated heterocycles. The molecular formula is C31H35NO4. The molecule has 1 unspecified atom stereocenters. The Bertz CT molecular complexity index is 1160. The predicted molar refractivity (Wildman–Crippen MR) is 144 cm³/mol. The van der Waals surface area contributed by atoms with Crippen LogP contribution in [0.4, 0.5) is 0 Å². The van der Waals surface area contributed by atoms with E-state index in [1.807, 2.05) is 24.3 Å². The third-order valence-corrected chi connectivity index (χ3v) is 7.10. The lowest BCUT2D eigenvalue weighted by molar-refractivity contribution is 0.238. The first-order valence-corrected chi connectivity index (χ1v) is 12.8. The molecular weight excluding hydrogens is 450 g/mol. The lowest BCUT2D eigenvalue weighted by Gasteiger charge is -2.22. The molecule has 0 spiro atoms. The number of nitrogens with zero attached hydrogens (tertiary/aromatic N) is 1. The Labute approximate surface area is 214 Å². The van der Waals surface area contributed by atoms with E-state index in [-0.39, 0.29) is 5.92 Å². The van der Waals surface area contributed by atoms with Gasteiger partial charge in [0.25, 0.3) is 0 Å². The van der Waals surface area contributed by atoms with Crippen LogP contribution in [0.3, 0.4) is 0 Å². The van der Waals surface area contributed by atoms with E-state index in [0.29, 0.717) is 6.61 Å². The van der Waals surface area contributed by atoms with Gasteiger partial charge >= 0.3 is 0 Å². The topological polar surface area (TPSA) is 40.2 Å². The van der Waals surface area contributed by atoms with E-state index in [1.165, 1.54) is 37.1 Å². The van der Waals surface area contributed by atoms with Crippen molar-refractivity contribution in [2.75, 3.05) is 47.1 Å². The van der Waals surface area contributed by atoms with Gasteiger partial charge in [-0.3, -0.25) is 4.90 Å². The summed E-state index contributed by atoms with van der Waals surface area (Å²) in [5, 5.41) is 0. The van der Waals surface area contributed by atoms with Crippen LogP contribution in [0.15, 0.2) is 72.3 Å². The number of ether oxygens (including phenoxy) is 4. The van der Waals surface area contributed by atoms with Crippen molar-refractivity contribution in [1.82, 2.24) is 4.90 Å². The highest BCUT2D eigenvalue weighted by atomic mass is 16.5. The first kappa shape index (κ1) is 24.3. The second kappa shape index (κ2) is 11.5. The maximum absolute atomic E-state index is 6.18. The second-order valence-electron chi connectivity index (χ2n) is 9.39. The fourth-order valence-corrected chi connectivity index (χ4v) is 5.15. The third-order valence-electron chi connectivity index (χ3n) is 7.10. The van der Waals surface area contributed by atoms with Gasteiger partial charge in [-0.25, -0.2) is 0 Å². The first-order valence-electron chi connectivity index (χ1n) is 12.8. The molecule has 1 atom stereocenters. The van der Waals surface area contributed by atoms with E-state index < -0.39 is 0 Å². The van der Waals surface area contributed by atoms with Crippen molar-refractivity contribution >= 4 is 6.08 Å². The van der Waals surface area contributed by atoms with Crippen molar-refractivity contribution in [1.29, 1.82) is 0 Å². The van der Waals surface area contributed by atoms with Gasteiger partial charge in [0.05, 0.1) is 20.8 Å². The van der Waals surface area contributed by atoms with E-state index >= 15 is 0 Å². The third kappa shape index (κ3) is 5.68. The molecule has 0 radical (unpaired) electrons. The number of fused-ring (bicyclic) bond motifs is 1. The summed E-state index contributed by atoms with van der Waals surface area (Å²) in [5.74, 6) is 3.56. The van der Waals surface area contributed by atoms with Gasteiger partial charge < -0.3 is 18.9 Å². The number of hydrogen-bond donors (Lipinski definition) is 0. The van der Waals surface area contributed by atoms with E-state index in [1.54, 1.807) is 14.2 Å². The highest BCUT2D eigenvalue weighted by Gasteiger charge is 2.26. The van der Waals surface area contributed by atoms with Gasteiger partial charge in [0.1, 0.15) is 29.6 Å². The summed E-state index contributed by atoms with van der Waals surface area (Å²) in [5.41, 5.74) is 4.77. The highest BCUT2D eigenvalue weighted by molar-refractivity contribution is 5.61. The van der Waals surface area contributed by atoms with Crippen molar-refractivity contribution in [3.63, 3.8) is 0 Å². The quantitative estimate of drug-likeness (QED) is 0.381. The molecule has 3 aromatic rings. The van der Waals surface area contributed by atoms with Gasteiger partial charge in [-0.05, 0) is 79.5 Å². The maximum Gasteiger partial charge on any atom is 0.123 e. The molecule has 3 aromatic carbocycles. The smallest absolute Gasteiger partial charge is 0.123 e. The zero-order valence-corrected chi connectivity index (χ0v) is 21.2. The Morgan fingerprint density at radius 2 is 1.56 bits per heavy atom. The molecule has 5 nitrogen and oxygen atoms in total. The number of benzene rings is 3. The average molecular weight is 486 g/mol. The fourth-order valence-electron chi connectivity index (χ4n) is 5.15. The molecule has 2 heterocycles. The summed E-state index contributed by atoms with van der Waals surface area (Å²) < 4.78 is 23.2. The number of hydrogen-bond acceptors (Lipinski definition) is 5. The van der Waals surface area contributed by atoms with E-state index in [0.717, 1.165) is 53.7 Å². The van der Waals surface area contributed by atoms with Gasteiger partial charge in [0.15, 0.2) is 0 Å². The zero-order valence-electron chi connectivity index (χ0n) is 21.2. The summed E-state index contributed by atoms with van der Waals surface area (Å²) in [6, 6.07) is 22.8. The Kier molecular flexibility index (Phi) is 7.77. The summed E-state index contributed by atoms with van der Waals surface area (Å²) in [7, 11) is 3.40. The van der Waals surface area contributed by atoms with Gasteiger partial charge in [0.2, 0.25) is 0 Å². The summed E-state index contributed by atoms with van der Waals surface area (Å²) in [6.45, 7) is 4.73. The molecule has 0 amide bonds.